The van der Waals surface area contributed by atoms with Gasteiger partial charge in [0.15, 0.2) is 5.60 Å². The number of likely N-dealkylation sites (N-methyl/N-ethyl adjacent to an activating group) is 1. The predicted octanol–water partition coefficient (Wildman–Crippen LogP) is 3.93. The van der Waals surface area contributed by atoms with Gasteiger partial charge in [0.25, 0.3) is 5.91 Å². The van der Waals surface area contributed by atoms with Crippen LogP contribution in [0, 0.1) is 5.82 Å². The van der Waals surface area contributed by atoms with Gasteiger partial charge in [-0.1, -0.05) is 50.2 Å². The molecule has 0 aliphatic carbocycles. The molecular formula is C24H31FN2O2. The molecule has 1 aliphatic heterocycles. The average Bonchev–Trinajstić information content (AvgIpc) is 2.68. The number of nitrogens with zero attached hydrogens (tertiary/aromatic N) is 2. The van der Waals surface area contributed by atoms with Crippen molar-refractivity contribution in [3.8, 4) is 0 Å². The summed E-state index contributed by atoms with van der Waals surface area (Å²) < 4.78 is 13.1. The number of amides is 1. The van der Waals surface area contributed by atoms with Crippen LogP contribution in [0.1, 0.15) is 49.3 Å². The van der Waals surface area contributed by atoms with Gasteiger partial charge in [0.1, 0.15) is 5.82 Å². The molecule has 2 aromatic carbocycles. The number of carbonyl (C=O) groups excluding carboxylic acids is 1. The van der Waals surface area contributed by atoms with Crippen molar-refractivity contribution in [2.24, 2.45) is 0 Å². The summed E-state index contributed by atoms with van der Waals surface area (Å²) in [5.74, 6) is -0.000365. The number of benzene rings is 2. The van der Waals surface area contributed by atoms with E-state index in [-0.39, 0.29) is 18.3 Å². The van der Waals surface area contributed by atoms with Crippen LogP contribution in [-0.2, 0) is 17.9 Å². The summed E-state index contributed by atoms with van der Waals surface area (Å²) in [6.45, 7) is 6.30. The topological polar surface area (TPSA) is 43.8 Å². The van der Waals surface area contributed by atoms with Crippen LogP contribution < -0.4 is 0 Å². The first-order valence-corrected chi connectivity index (χ1v) is 10.3. The third-order valence-corrected chi connectivity index (χ3v) is 5.62. The molecule has 1 heterocycles. The molecule has 4 nitrogen and oxygen atoms in total. The van der Waals surface area contributed by atoms with E-state index >= 15 is 0 Å². The largest absolute Gasteiger partial charge is 0.379 e. The van der Waals surface area contributed by atoms with E-state index in [1.165, 1.54) is 17.7 Å². The molecule has 1 aliphatic rings. The molecule has 1 saturated heterocycles. The normalized spacial score (nSPS) is 20.0. The Balaban J connectivity index is 1.63. The highest BCUT2D eigenvalue weighted by Gasteiger charge is 2.42. The van der Waals surface area contributed by atoms with Crippen molar-refractivity contribution in [1.82, 2.24) is 9.80 Å². The van der Waals surface area contributed by atoms with E-state index in [0.29, 0.717) is 32.0 Å². The van der Waals surface area contributed by atoms with Gasteiger partial charge in [0, 0.05) is 26.2 Å². The SMILES string of the molecule is CC(C)c1ccc(CN2CCC[C@@](O)(CN(C)Cc3ccc(F)cc3)C2=O)cc1. The van der Waals surface area contributed by atoms with Crippen LogP contribution in [-0.4, -0.2) is 46.6 Å². The number of likely N-dealkylation sites (tertiary alicyclic amines) is 1. The zero-order chi connectivity index (χ0) is 21.0. The zero-order valence-electron chi connectivity index (χ0n) is 17.6. The van der Waals surface area contributed by atoms with Crippen LogP contribution in [0.15, 0.2) is 48.5 Å². The third-order valence-electron chi connectivity index (χ3n) is 5.62. The molecule has 0 unspecified atom stereocenters. The minimum atomic E-state index is -1.38. The van der Waals surface area contributed by atoms with Crippen molar-refractivity contribution in [2.45, 2.75) is 51.3 Å². The van der Waals surface area contributed by atoms with E-state index in [2.05, 4.69) is 38.1 Å². The highest BCUT2D eigenvalue weighted by molar-refractivity contribution is 5.86. The lowest BCUT2D eigenvalue weighted by atomic mass is 9.90. The molecule has 0 radical (unpaired) electrons. The van der Waals surface area contributed by atoms with Crippen LogP contribution in [0.5, 0.6) is 0 Å². The number of aliphatic hydroxyl groups is 1. The average molecular weight is 399 g/mol. The van der Waals surface area contributed by atoms with E-state index in [4.69, 9.17) is 0 Å². The Morgan fingerprint density at radius 2 is 1.72 bits per heavy atom. The van der Waals surface area contributed by atoms with Crippen LogP contribution in [0.25, 0.3) is 0 Å². The van der Waals surface area contributed by atoms with Crippen molar-refractivity contribution in [1.29, 1.82) is 0 Å². The fourth-order valence-electron chi connectivity index (χ4n) is 3.99. The molecule has 0 spiro atoms. The molecule has 1 atom stereocenters. The molecule has 0 saturated carbocycles. The molecule has 1 fully saturated rings. The quantitative estimate of drug-likeness (QED) is 0.768. The number of halogens is 1. The lowest BCUT2D eigenvalue weighted by molar-refractivity contribution is -0.160. The number of hydrogen-bond acceptors (Lipinski definition) is 3. The van der Waals surface area contributed by atoms with Crippen molar-refractivity contribution in [2.75, 3.05) is 20.1 Å². The Kier molecular flexibility index (Phi) is 6.70. The second-order valence-corrected chi connectivity index (χ2v) is 8.56. The van der Waals surface area contributed by atoms with Crippen molar-refractivity contribution in [3.63, 3.8) is 0 Å². The van der Waals surface area contributed by atoms with Gasteiger partial charge < -0.3 is 10.0 Å². The molecular weight excluding hydrogens is 367 g/mol. The van der Waals surface area contributed by atoms with Gasteiger partial charge in [0.2, 0.25) is 0 Å². The lowest BCUT2D eigenvalue weighted by Gasteiger charge is -2.40. The van der Waals surface area contributed by atoms with Crippen LogP contribution >= 0.6 is 0 Å². The summed E-state index contributed by atoms with van der Waals surface area (Å²) in [4.78, 5) is 16.7. The van der Waals surface area contributed by atoms with Gasteiger partial charge in [-0.2, -0.15) is 0 Å². The lowest BCUT2D eigenvalue weighted by Crippen LogP contribution is -2.57. The Labute approximate surface area is 173 Å². The third kappa shape index (κ3) is 5.43. The monoisotopic (exact) mass is 398 g/mol. The maximum absolute atomic E-state index is 13.1. The van der Waals surface area contributed by atoms with Crippen molar-refractivity contribution in [3.05, 3.63) is 71.0 Å². The minimum Gasteiger partial charge on any atom is -0.379 e. The van der Waals surface area contributed by atoms with Crippen LogP contribution in [0.4, 0.5) is 4.39 Å². The predicted molar refractivity (Wildman–Crippen MR) is 113 cm³/mol. The molecule has 2 aromatic rings. The first-order chi connectivity index (χ1) is 13.8. The molecule has 29 heavy (non-hydrogen) atoms. The maximum Gasteiger partial charge on any atom is 0.256 e. The van der Waals surface area contributed by atoms with Crippen LogP contribution in [0.3, 0.4) is 0 Å². The highest BCUT2D eigenvalue weighted by atomic mass is 19.1. The summed E-state index contributed by atoms with van der Waals surface area (Å²) in [7, 11) is 1.87. The standard InChI is InChI=1S/C24H31FN2O2/c1-18(2)21-9-5-20(6-10-21)16-27-14-4-13-24(29,23(27)28)17-26(3)15-19-7-11-22(25)12-8-19/h5-12,18,29H,4,13-17H2,1-3H3/t24-/m1/s1. The molecule has 0 bridgehead atoms. The van der Waals surface area contributed by atoms with E-state index in [9.17, 15) is 14.3 Å². The fraction of sp³-hybridized carbons (Fsp3) is 0.458. The van der Waals surface area contributed by atoms with Gasteiger partial charge in [0.05, 0.1) is 0 Å². The highest BCUT2D eigenvalue weighted by Crippen LogP contribution is 2.26. The molecule has 1 N–H and O–H groups in total. The zero-order valence-corrected chi connectivity index (χ0v) is 17.6. The minimum absolute atomic E-state index is 0.206. The number of piperidine rings is 1. The summed E-state index contributed by atoms with van der Waals surface area (Å²) in [5.41, 5.74) is 1.91. The smallest absolute Gasteiger partial charge is 0.256 e. The number of rotatable bonds is 7. The maximum atomic E-state index is 13.1. The number of hydrogen-bond donors (Lipinski definition) is 1. The summed E-state index contributed by atoms with van der Waals surface area (Å²) in [6, 6.07) is 14.7. The second-order valence-electron chi connectivity index (χ2n) is 8.56. The molecule has 5 heteroatoms. The van der Waals surface area contributed by atoms with Gasteiger partial charge >= 0.3 is 0 Å². The summed E-state index contributed by atoms with van der Waals surface area (Å²) in [6.07, 6.45) is 1.24. The molecule has 1 amide bonds. The summed E-state index contributed by atoms with van der Waals surface area (Å²) >= 11 is 0. The van der Waals surface area contributed by atoms with Gasteiger partial charge in [-0.25, -0.2) is 4.39 Å². The Bertz CT molecular complexity index is 820. The first-order valence-electron chi connectivity index (χ1n) is 10.3. The van der Waals surface area contributed by atoms with Gasteiger partial charge in [-0.3, -0.25) is 9.69 Å². The van der Waals surface area contributed by atoms with Gasteiger partial charge in [-0.05, 0) is 54.6 Å². The van der Waals surface area contributed by atoms with E-state index in [1.807, 2.05) is 11.9 Å². The fourth-order valence-corrected chi connectivity index (χ4v) is 3.99. The molecule has 0 aromatic heterocycles. The van der Waals surface area contributed by atoms with Crippen LogP contribution in [0.2, 0.25) is 0 Å². The Hall–Kier alpha value is -2.24. The summed E-state index contributed by atoms with van der Waals surface area (Å²) in [5, 5.41) is 11.1. The first kappa shape index (κ1) is 21.5. The Morgan fingerprint density at radius 1 is 1.10 bits per heavy atom. The van der Waals surface area contributed by atoms with E-state index < -0.39 is 5.60 Å². The molecule has 156 valence electrons. The van der Waals surface area contributed by atoms with Gasteiger partial charge in [-0.15, -0.1) is 0 Å². The van der Waals surface area contributed by atoms with Crippen molar-refractivity contribution >= 4 is 5.91 Å². The second kappa shape index (κ2) is 9.06. The van der Waals surface area contributed by atoms with E-state index in [1.54, 1.807) is 17.0 Å². The van der Waals surface area contributed by atoms with Crippen molar-refractivity contribution < 1.29 is 14.3 Å². The number of carbonyl (C=O) groups is 1. The van der Waals surface area contributed by atoms with E-state index in [0.717, 1.165) is 17.5 Å². The molecule has 3 rings (SSSR count). The Morgan fingerprint density at radius 3 is 2.34 bits per heavy atom.